The van der Waals surface area contributed by atoms with Gasteiger partial charge in [-0.1, -0.05) is 17.7 Å². The van der Waals surface area contributed by atoms with E-state index in [4.69, 9.17) is 11.6 Å². The Balaban J connectivity index is 2.22. The number of sulfonamides is 1. The van der Waals surface area contributed by atoms with Crippen molar-refractivity contribution in [2.75, 3.05) is 0 Å². The highest BCUT2D eigenvalue weighted by molar-refractivity contribution is 7.89. The van der Waals surface area contributed by atoms with Crippen molar-refractivity contribution in [3.8, 4) is 0 Å². The summed E-state index contributed by atoms with van der Waals surface area (Å²) in [4.78, 5) is 4.00. The fourth-order valence-electron chi connectivity index (χ4n) is 1.41. The molecule has 0 radical (unpaired) electrons. The lowest BCUT2D eigenvalue weighted by Crippen LogP contribution is -2.27. The molecule has 96 valence electrons. The summed E-state index contributed by atoms with van der Waals surface area (Å²) in [7, 11) is -3.63. The molecule has 0 amide bonds. The zero-order valence-electron chi connectivity index (χ0n) is 9.46. The number of hydrogen-bond acceptors (Lipinski definition) is 4. The van der Waals surface area contributed by atoms with Gasteiger partial charge in [-0.25, -0.2) is 18.1 Å². The zero-order chi connectivity index (χ0) is 13.2. The van der Waals surface area contributed by atoms with Crippen LogP contribution in [0, 0.1) is 0 Å². The Morgan fingerprint density at radius 2 is 2.22 bits per heavy atom. The first-order chi connectivity index (χ1) is 8.49. The van der Waals surface area contributed by atoms with Crippen LogP contribution >= 0.6 is 11.6 Å². The number of rotatable bonds is 4. The van der Waals surface area contributed by atoms with Crippen molar-refractivity contribution in [3.05, 3.63) is 41.4 Å². The highest BCUT2D eigenvalue weighted by Crippen LogP contribution is 2.17. The largest absolute Gasteiger partial charge is 0.262 e. The van der Waals surface area contributed by atoms with Gasteiger partial charge < -0.3 is 0 Å². The van der Waals surface area contributed by atoms with Crippen LogP contribution in [-0.2, 0) is 10.0 Å². The second-order valence-corrected chi connectivity index (χ2v) is 5.82. The smallest absolute Gasteiger partial charge is 0.241 e. The average molecular weight is 287 g/mol. The van der Waals surface area contributed by atoms with Crippen LogP contribution in [-0.4, -0.2) is 23.6 Å². The molecule has 0 fully saturated rings. The van der Waals surface area contributed by atoms with Crippen molar-refractivity contribution < 1.29 is 8.42 Å². The summed E-state index contributed by atoms with van der Waals surface area (Å²) in [5.41, 5.74) is 0. The third kappa shape index (κ3) is 2.87. The van der Waals surface area contributed by atoms with E-state index in [-0.39, 0.29) is 4.90 Å². The molecule has 1 unspecified atom stereocenters. The van der Waals surface area contributed by atoms with Gasteiger partial charge in [-0.3, -0.25) is 5.10 Å². The van der Waals surface area contributed by atoms with Gasteiger partial charge in [0.2, 0.25) is 10.0 Å². The molecule has 6 nitrogen and oxygen atoms in total. The van der Waals surface area contributed by atoms with E-state index in [1.807, 2.05) is 0 Å². The Bertz CT molecular complexity index is 627. The van der Waals surface area contributed by atoms with Crippen molar-refractivity contribution in [3.63, 3.8) is 0 Å². The quantitative estimate of drug-likeness (QED) is 0.891. The molecular formula is C10H11ClN4O2S. The molecule has 0 saturated heterocycles. The summed E-state index contributed by atoms with van der Waals surface area (Å²) < 4.78 is 26.6. The number of H-pyrrole nitrogens is 1. The number of benzene rings is 1. The predicted octanol–water partition coefficient (Wildman–Crippen LogP) is 1.50. The van der Waals surface area contributed by atoms with Crippen LogP contribution in [0.3, 0.4) is 0 Å². The van der Waals surface area contributed by atoms with Crippen molar-refractivity contribution in [2.45, 2.75) is 17.9 Å². The maximum atomic E-state index is 12.1. The lowest BCUT2D eigenvalue weighted by molar-refractivity contribution is 0.560. The number of aromatic nitrogens is 3. The lowest BCUT2D eigenvalue weighted by atomic mass is 10.3. The Morgan fingerprint density at radius 1 is 1.44 bits per heavy atom. The SMILES string of the molecule is CC(NS(=O)(=O)c1cccc(Cl)c1)c1ncn[nH]1. The molecule has 1 aromatic carbocycles. The van der Waals surface area contributed by atoms with Crippen molar-refractivity contribution in [1.29, 1.82) is 0 Å². The molecule has 1 aromatic heterocycles. The van der Waals surface area contributed by atoms with Gasteiger partial charge in [-0.2, -0.15) is 5.10 Å². The minimum absolute atomic E-state index is 0.112. The van der Waals surface area contributed by atoms with E-state index in [2.05, 4.69) is 19.9 Å². The minimum Gasteiger partial charge on any atom is -0.262 e. The van der Waals surface area contributed by atoms with Crippen LogP contribution in [0.15, 0.2) is 35.5 Å². The summed E-state index contributed by atoms with van der Waals surface area (Å²) in [6.45, 7) is 1.67. The summed E-state index contributed by atoms with van der Waals surface area (Å²) in [6.07, 6.45) is 1.32. The Morgan fingerprint density at radius 3 is 2.83 bits per heavy atom. The maximum absolute atomic E-state index is 12.1. The molecule has 0 aliphatic heterocycles. The Kier molecular flexibility index (Phi) is 3.65. The molecule has 0 bridgehead atoms. The second kappa shape index (κ2) is 5.05. The number of hydrogen-bond donors (Lipinski definition) is 2. The number of nitrogens with one attached hydrogen (secondary N) is 2. The normalized spacial score (nSPS) is 13.4. The van der Waals surface area contributed by atoms with Gasteiger partial charge in [0.25, 0.3) is 0 Å². The van der Waals surface area contributed by atoms with E-state index in [9.17, 15) is 8.42 Å². The molecule has 0 spiro atoms. The number of nitrogens with zero attached hydrogens (tertiary/aromatic N) is 2. The monoisotopic (exact) mass is 286 g/mol. The van der Waals surface area contributed by atoms with E-state index >= 15 is 0 Å². The summed E-state index contributed by atoms with van der Waals surface area (Å²) in [5.74, 6) is 0.445. The van der Waals surface area contributed by atoms with E-state index in [0.717, 1.165) is 0 Å². The number of aromatic amines is 1. The fraction of sp³-hybridized carbons (Fsp3) is 0.200. The lowest BCUT2D eigenvalue weighted by Gasteiger charge is -2.11. The van der Waals surface area contributed by atoms with Crippen molar-refractivity contribution in [1.82, 2.24) is 19.9 Å². The highest BCUT2D eigenvalue weighted by atomic mass is 35.5. The van der Waals surface area contributed by atoms with Crippen LogP contribution < -0.4 is 4.72 Å². The number of halogens is 1. The first-order valence-corrected chi connectivity index (χ1v) is 6.98. The topological polar surface area (TPSA) is 87.7 Å². The fourth-order valence-corrected chi connectivity index (χ4v) is 2.92. The van der Waals surface area contributed by atoms with Crippen LogP contribution in [0.25, 0.3) is 0 Å². The maximum Gasteiger partial charge on any atom is 0.241 e. The van der Waals surface area contributed by atoms with Crippen molar-refractivity contribution >= 4 is 21.6 Å². The molecule has 0 aliphatic carbocycles. The first kappa shape index (κ1) is 13.0. The van der Waals surface area contributed by atoms with Gasteiger partial charge in [0.15, 0.2) is 0 Å². The first-order valence-electron chi connectivity index (χ1n) is 5.12. The molecule has 18 heavy (non-hydrogen) atoms. The van der Waals surface area contributed by atoms with Gasteiger partial charge in [0.1, 0.15) is 12.2 Å². The molecule has 8 heteroatoms. The van der Waals surface area contributed by atoms with Gasteiger partial charge in [-0.05, 0) is 25.1 Å². The minimum atomic E-state index is -3.63. The van der Waals surface area contributed by atoms with Gasteiger partial charge in [-0.15, -0.1) is 0 Å². The summed E-state index contributed by atoms with van der Waals surface area (Å²) >= 11 is 5.77. The van der Waals surface area contributed by atoms with Crippen LogP contribution in [0.4, 0.5) is 0 Å². The van der Waals surface area contributed by atoms with E-state index < -0.39 is 16.1 Å². The standard InChI is InChI=1S/C10H11ClN4O2S/c1-7(10-12-6-13-14-10)15-18(16,17)9-4-2-3-8(11)5-9/h2-7,15H,1H3,(H,12,13,14). The van der Waals surface area contributed by atoms with Crippen LogP contribution in [0.5, 0.6) is 0 Å². The Labute approximate surface area is 109 Å². The molecule has 0 saturated carbocycles. The van der Waals surface area contributed by atoms with Crippen molar-refractivity contribution in [2.24, 2.45) is 0 Å². The third-order valence-corrected chi connectivity index (χ3v) is 4.06. The molecular weight excluding hydrogens is 276 g/mol. The van der Waals surface area contributed by atoms with E-state index in [1.54, 1.807) is 19.1 Å². The van der Waals surface area contributed by atoms with E-state index in [1.165, 1.54) is 18.5 Å². The Hall–Kier alpha value is -1.44. The molecule has 0 aliphatic rings. The summed E-state index contributed by atoms with van der Waals surface area (Å²) in [5, 5.41) is 6.64. The second-order valence-electron chi connectivity index (χ2n) is 3.67. The third-order valence-electron chi connectivity index (χ3n) is 2.28. The van der Waals surface area contributed by atoms with Crippen LogP contribution in [0.1, 0.15) is 18.8 Å². The van der Waals surface area contributed by atoms with Gasteiger partial charge in [0, 0.05) is 5.02 Å². The summed E-state index contributed by atoms with van der Waals surface area (Å²) in [6, 6.07) is 5.55. The molecule has 1 atom stereocenters. The van der Waals surface area contributed by atoms with Crippen LogP contribution in [0.2, 0.25) is 5.02 Å². The molecule has 2 aromatic rings. The zero-order valence-corrected chi connectivity index (χ0v) is 11.0. The predicted molar refractivity (Wildman–Crippen MR) is 66.6 cm³/mol. The molecule has 2 N–H and O–H groups in total. The highest BCUT2D eigenvalue weighted by Gasteiger charge is 2.19. The average Bonchev–Trinajstić information content (AvgIpc) is 2.82. The van der Waals surface area contributed by atoms with Gasteiger partial charge in [0.05, 0.1) is 10.9 Å². The van der Waals surface area contributed by atoms with E-state index in [0.29, 0.717) is 10.8 Å². The molecule has 2 rings (SSSR count). The molecule has 1 heterocycles. The van der Waals surface area contributed by atoms with Gasteiger partial charge >= 0.3 is 0 Å².